The molecule has 1 aromatic carbocycles. The number of imide groups is 1. The standard InChI is InChI=1S/C24H25N3O3S/c1-14-5-6-16-12-27(22(31)18(16)8-14)13-24(7-3-4-21(28)26-23(24)29)20-10-17-9-15(2)25-11-19(17)30-20/h5-6,8-11,22,31H,3-4,7,12-13H2,1-2H3,(H,26,28,29). The molecule has 2 atom stereocenters. The number of amides is 2. The third-order valence-corrected chi connectivity index (χ3v) is 7.08. The number of hydrogen-bond donors (Lipinski definition) is 2. The molecule has 0 spiro atoms. The van der Waals surface area contributed by atoms with Gasteiger partial charge >= 0.3 is 0 Å². The molecule has 1 saturated heterocycles. The average molecular weight is 436 g/mol. The number of nitrogens with one attached hydrogen (secondary N) is 1. The number of carbonyl (C=O) groups excluding carboxylic acids is 2. The minimum Gasteiger partial charge on any atom is -0.458 e. The predicted octanol–water partition coefficient (Wildman–Crippen LogP) is 3.95. The van der Waals surface area contributed by atoms with Crippen molar-refractivity contribution in [3.63, 3.8) is 0 Å². The van der Waals surface area contributed by atoms with E-state index < -0.39 is 5.41 Å². The average Bonchev–Trinajstić information content (AvgIpc) is 3.23. The maximum absolute atomic E-state index is 13.5. The molecule has 0 bridgehead atoms. The molecule has 7 heteroatoms. The van der Waals surface area contributed by atoms with Gasteiger partial charge in [-0.05, 0) is 49.9 Å². The Kier molecular flexibility index (Phi) is 4.90. The Labute approximate surface area is 186 Å². The molecule has 2 aromatic heterocycles. The van der Waals surface area contributed by atoms with Crippen LogP contribution >= 0.6 is 12.6 Å². The highest BCUT2D eigenvalue weighted by molar-refractivity contribution is 7.80. The van der Waals surface area contributed by atoms with Crippen LogP contribution in [0.3, 0.4) is 0 Å². The number of carbonyl (C=O) groups is 2. The fourth-order valence-corrected chi connectivity index (χ4v) is 5.22. The van der Waals surface area contributed by atoms with E-state index in [-0.39, 0.29) is 17.2 Å². The monoisotopic (exact) mass is 435 g/mol. The summed E-state index contributed by atoms with van der Waals surface area (Å²) in [5, 5.41) is 3.39. The van der Waals surface area contributed by atoms with Crippen molar-refractivity contribution in [3.05, 3.63) is 64.7 Å². The first-order valence-corrected chi connectivity index (χ1v) is 11.1. The lowest BCUT2D eigenvalue weighted by Crippen LogP contribution is -2.50. The van der Waals surface area contributed by atoms with Crippen molar-refractivity contribution in [3.8, 4) is 0 Å². The lowest BCUT2D eigenvalue weighted by Gasteiger charge is -2.34. The Morgan fingerprint density at radius 1 is 1.26 bits per heavy atom. The van der Waals surface area contributed by atoms with E-state index in [1.807, 2.05) is 19.1 Å². The first-order valence-electron chi connectivity index (χ1n) is 10.6. The number of furan rings is 1. The van der Waals surface area contributed by atoms with Gasteiger partial charge in [0.1, 0.15) is 11.2 Å². The number of thiol groups is 1. The molecule has 0 radical (unpaired) electrons. The van der Waals surface area contributed by atoms with Gasteiger partial charge in [0.2, 0.25) is 11.8 Å². The summed E-state index contributed by atoms with van der Waals surface area (Å²) in [4.78, 5) is 32.1. The molecule has 2 unspecified atom stereocenters. The van der Waals surface area contributed by atoms with Gasteiger partial charge in [-0.25, -0.2) is 0 Å². The van der Waals surface area contributed by atoms with Gasteiger partial charge in [-0.3, -0.25) is 24.8 Å². The number of rotatable bonds is 3. The number of pyridine rings is 1. The van der Waals surface area contributed by atoms with Gasteiger partial charge < -0.3 is 4.42 Å². The molecule has 1 fully saturated rings. The summed E-state index contributed by atoms with van der Waals surface area (Å²) in [5.41, 5.74) is 4.13. The van der Waals surface area contributed by atoms with Crippen molar-refractivity contribution in [1.82, 2.24) is 15.2 Å². The molecule has 2 aliphatic rings. The summed E-state index contributed by atoms with van der Waals surface area (Å²) in [6.45, 7) is 5.11. The molecule has 0 aliphatic carbocycles. The normalized spacial score (nSPS) is 24.3. The molecule has 2 amide bonds. The van der Waals surface area contributed by atoms with Gasteiger partial charge in [0.25, 0.3) is 0 Å². The van der Waals surface area contributed by atoms with Crippen LogP contribution in [0, 0.1) is 13.8 Å². The quantitative estimate of drug-likeness (QED) is 0.481. The second-order valence-electron chi connectivity index (χ2n) is 8.77. The van der Waals surface area contributed by atoms with Gasteiger partial charge in [-0.1, -0.05) is 23.8 Å². The fourth-order valence-electron chi connectivity index (χ4n) is 4.82. The van der Waals surface area contributed by atoms with Gasteiger partial charge in [-0.2, -0.15) is 12.6 Å². The van der Waals surface area contributed by atoms with Crippen LogP contribution in [-0.2, 0) is 21.5 Å². The van der Waals surface area contributed by atoms with Gasteiger partial charge in [-0.15, -0.1) is 0 Å². The van der Waals surface area contributed by atoms with Crippen molar-refractivity contribution in [1.29, 1.82) is 0 Å². The number of aryl methyl sites for hydroxylation is 2. The number of benzene rings is 1. The zero-order chi connectivity index (χ0) is 21.8. The maximum atomic E-state index is 13.5. The van der Waals surface area contributed by atoms with Crippen LogP contribution < -0.4 is 5.32 Å². The highest BCUT2D eigenvalue weighted by Crippen LogP contribution is 2.43. The number of aromatic nitrogens is 1. The van der Waals surface area contributed by atoms with Crippen LogP contribution in [0.2, 0.25) is 0 Å². The Morgan fingerprint density at radius 3 is 2.94 bits per heavy atom. The van der Waals surface area contributed by atoms with Crippen molar-refractivity contribution in [2.24, 2.45) is 0 Å². The summed E-state index contributed by atoms with van der Waals surface area (Å²) < 4.78 is 6.18. The molecule has 0 saturated carbocycles. The molecule has 1 N–H and O–H groups in total. The van der Waals surface area contributed by atoms with Crippen molar-refractivity contribution < 1.29 is 14.0 Å². The van der Waals surface area contributed by atoms with Crippen LogP contribution in [0.15, 0.2) is 40.9 Å². The second-order valence-corrected chi connectivity index (χ2v) is 9.26. The smallest absolute Gasteiger partial charge is 0.241 e. The van der Waals surface area contributed by atoms with E-state index in [1.165, 1.54) is 16.7 Å². The summed E-state index contributed by atoms with van der Waals surface area (Å²) >= 11 is 4.89. The van der Waals surface area contributed by atoms with E-state index in [9.17, 15) is 9.59 Å². The third kappa shape index (κ3) is 3.46. The highest BCUT2D eigenvalue weighted by Gasteiger charge is 2.48. The zero-order valence-electron chi connectivity index (χ0n) is 17.6. The molecular formula is C24H25N3O3S. The number of hydrogen-bond acceptors (Lipinski definition) is 6. The molecule has 160 valence electrons. The Morgan fingerprint density at radius 2 is 2.10 bits per heavy atom. The first-order chi connectivity index (χ1) is 14.9. The molecule has 4 heterocycles. The summed E-state index contributed by atoms with van der Waals surface area (Å²) in [5.74, 6) is 0.0458. The van der Waals surface area contributed by atoms with E-state index in [1.54, 1.807) is 6.20 Å². The molecule has 5 rings (SSSR count). The largest absolute Gasteiger partial charge is 0.458 e. The SMILES string of the molecule is Cc1ccc2c(c1)C(S)N(CC1(c3cc4cc(C)ncc4o3)CCCC(=O)NC1=O)C2. The first kappa shape index (κ1) is 20.3. The van der Waals surface area contributed by atoms with Crippen LogP contribution in [0.4, 0.5) is 0 Å². The summed E-state index contributed by atoms with van der Waals surface area (Å²) in [6, 6.07) is 10.3. The molecule has 6 nitrogen and oxygen atoms in total. The summed E-state index contributed by atoms with van der Waals surface area (Å²) in [6.07, 6.45) is 3.17. The topological polar surface area (TPSA) is 75.4 Å². The van der Waals surface area contributed by atoms with Crippen LogP contribution in [0.25, 0.3) is 11.0 Å². The van der Waals surface area contributed by atoms with Crippen molar-refractivity contribution in [2.75, 3.05) is 6.54 Å². The van der Waals surface area contributed by atoms with Crippen LogP contribution in [0.5, 0.6) is 0 Å². The lowest BCUT2D eigenvalue weighted by molar-refractivity contribution is -0.133. The fraction of sp³-hybridized carbons (Fsp3) is 0.375. The predicted molar refractivity (Wildman–Crippen MR) is 121 cm³/mol. The van der Waals surface area contributed by atoms with E-state index in [0.717, 1.165) is 11.1 Å². The van der Waals surface area contributed by atoms with Crippen LogP contribution in [0.1, 0.15) is 52.8 Å². The van der Waals surface area contributed by atoms with Gasteiger partial charge in [0, 0.05) is 30.6 Å². The van der Waals surface area contributed by atoms with E-state index >= 15 is 0 Å². The molecular weight excluding hydrogens is 410 g/mol. The molecule has 2 aliphatic heterocycles. The highest BCUT2D eigenvalue weighted by atomic mass is 32.1. The van der Waals surface area contributed by atoms with Gasteiger partial charge in [0.15, 0.2) is 5.58 Å². The van der Waals surface area contributed by atoms with Gasteiger partial charge in [0.05, 0.1) is 11.6 Å². The number of fused-ring (bicyclic) bond motifs is 2. The van der Waals surface area contributed by atoms with E-state index in [4.69, 9.17) is 17.0 Å². The minimum absolute atomic E-state index is 0.119. The maximum Gasteiger partial charge on any atom is 0.241 e. The Balaban J connectivity index is 1.57. The Bertz CT molecular complexity index is 1200. The van der Waals surface area contributed by atoms with E-state index in [0.29, 0.717) is 43.7 Å². The van der Waals surface area contributed by atoms with Crippen molar-refractivity contribution in [2.45, 2.75) is 50.4 Å². The molecule has 3 aromatic rings. The molecule has 31 heavy (non-hydrogen) atoms. The third-order valence-electron chi connectivity index (χ3n) is 6.48. The Hall–Kier alpha value is -2.64. The summed E-state index contributed by atoms with van der Waals surface area (Å²) in [7, 11) is 0. The van der Waals surface area contributed by atoms with Crippen molar-refractivity contribution >= 4 is 35.4 Å². The minimum atomic E-state index is -0.975. The van der Waals surface area contributed by atoms with E-state index in [2.05, 4.69) is 40.3 Å². The number of nitrogens with zero attached hydrogens (tertiary/aromatic N) is 2. The van der Waals surface area contributed by atoms with Crippen LogP contribution in [-0.4, -0.2) is 28.2 Å². The zero-order valence-corrected chi connectivity index (χ0v) is 18.5. The lowest BCUT2D eigenvalue weighted by atomic mass is 9.79. The second kappa shape index (κ2) is 7.50.